The average molecular weight is 475 g/mol. The van der Waals surface area contributed by atoms with Crippen molar-refractivity contribution in [2.24, 2.45) is 5.41 Å². The predicted octanol–water partition coefficient (Wildman–Crippen LogP) is 4.08. The molecule has 0 atom stereocenters. The van der Waals surface area contributed by atoms with Gasteiger partial charge < -0.3 is 9.64 Å². The highest BCUT2D eigenvalue weighted by atomic mass is 32.2. The van der Waals surface area contributed by atoms with Crippen molar-refractivity contribution in [2.45, 2.75) is 43.4 Å². The van der Waals surface area contributed by atoms with Gasteiger partial charge in [0.1, 0.15) is 11.6 Å². The minimum atomic E-state index is -3.71. The van der Waals surface area contributed by atoms with Crippen molar-refractivity contribution in [2.75, 3.05) is 32.8 Å². The molecule has 2 aromatic carbocycles. The van der Waals surface area contributed by atoms with E-state index in [-0.39, 0.29) is 10.8 Å². The highest BCUT2D eigenvalue weighted by molar-refractivity contribution is 7.89. The zero-order valence-electron chi connectivity index (χ0n) is 18.8. The van der Waals surface area contributed by atoms with E-state index in [1.54, 1.807) is 0 Å². The molecule has 2 aromatic rings. The maximum Gasteiger partial charge on any atom is 0.243 e. The van der Waals surface area contributed by atoms with Crippen LogP contribution in [0.1, 0.15) is 38.5 Å². The Labute approximate surface area is 195 Å². The molecule has 2 aliphatic heterocycles. The maximum atomic E-state index is 13.3. The number of halogens is 1. The molecule has 2 heterocycles. The Morgan fingerprint density at radius 2 is 1.55 bits per heavy atom. The van der Waals surface area contributed by atoms with Crippen LogP contribution in [0.25, 0.3) is 0 Å². The molecule has 1 amide bonds. The van der Waals surface area contributed by atoms with Crippen LogP contribution in [0.4, 0.5) is 4.39 Å². The first-order valence-electron chi connectivity index (χ1n) is 11.6. The van der Waals surface area contributed by atoms with Crippen molar-refractivity contribution < 1.29 is 22.3 Å². The monoisotopic (exact) mass is 474 g/mol. The lowest BCUT2D eigenvalue weighted by atomic mass is 9.76. The molecule has 2 saturated heterocycles. The number of carbonyl (C=O) groups excluding carboxylic acids is 1. The zero-order valence-corrected chi connectivity index (χ0v) is 19.6. The summed E-state index contributed by atoms with van der Waals surface area (Å²) in [6.07, 6.45) is 4.62. The second kappa shape index (κ2) is 10.2. The number of amides is 1. The largest absolute Gasteiger partial charge is 0.493 e. The number of sulfonamides is 1. The topological polar surface area (TPSA) is 66.9 Å². The van der Waals surface area contributed by atoms with Crippen LogP contribution in [0.2, 0.25) is 0 Å². The molecule has 33 heavy (non-hydrogen) atoms. The van der Waals surface area contributed by atoms with E-state index in [4.69, 9.17) is 4.74 Å². The fourth-order valence-corrected chi connectivity index (χ4v) is 6.10. The van der Waals surface area contributed by atoms with E-state index in [0.29, 0.717) is 39.0 Å². The summed E-state index contributed by atoms with van der Waals surface area (Å²) in [5, 5.41) is 0. The smallest absolute Gasteiger partial charge is 0.243 e. The number of benzene rings is 2. The Kier molecular flexibility index (Phi) is 7.34. The summed E-state index contributed by atoms with van der Waals surface area (Å²) >= 11 is 0. The highest BCUT2D eigenvalue weighted by Crippen LogP contribution is 2.38. The molecule has 0 aliphatic carbocycles. The number of hydrogen-bond acceptors (Lipinski definition) is 4. The van der Waals surface area contributed by atoms with Gasteiger partial charge in [0.25, 0.3) is 0 Å². The third-order valence-corrected chi connectivity index (χ3v) is 8.67. The molecule has 6 nitrogen and oxygen atoms in total. The summed E-state index contributed by atoms with van der Waals surface area (Å²) in [5.41, 5.74) is -0.431. The summed E-state index contributed by atoms with van der Waals surface area (Å²) in [6.45, 7) is 2.54. The Bertz CT molecular complexity index is 1030. The third kappa shape index (κ3) is 5.73. The first-order chi connectivity index (χ1) is 15.9. The van der Waals surface area contributed by atoms with Crippen LogP contribution in [-0.4, -0.2) is 56.3 Å². The van der Waals surface area contributed by atoms with Crippen LogP contribution >= 0.6 is 0 Å². The minimum absolute atomic E-state index is 0.0846. The van der Waals surface area contributed by atoms with Crippen LogP contribution in [-0.2, 0) is 14.8 Å². The lowest BCUT2D eigenvalue weighted by Gasteiger charge is -2.42. The van der Waals surface area contributed by atoms with E-state index >= 15 is 0 Å². The molecule has 0 unspecified atom stereocenters. The van der Waals surface area contributed by atoms with Crippen molar-refractivity contribution >= 4 is 15.9 Å². The van der Waals surface area contributed by atoms with Gasteiger partial charge in [-0.15, -0.1) is 0 Å². The molecule has 0 saturated carbocycles. The molecule has 0 spiro atoms. The minimum Gasteiger partial charge on any atom is -0.493 e. The second-order valence-electron chi connectivity index (χ2n) is 9.08. The molecule has 0 radical (unpaired) electrons. The van der Waals surface area contributed by atoms with Crippen LogP contribution in [0.3, 0.4) is 0 Å². The lowest BCUT2D eigenvalue weighted by molar-refractivity contribution is -0.136. The van der Waals surface area contributed by atoms with Crippen LogP contribution < -0.4 is 4.74 Å². The average Bonchev–Trinajstić information content (AvgIpc) is 2.85. The van der Waals surface area contributed by atoms with Gasteiger partial charge in [-0.3, -0.25) is 4.79 Å². The van der Waals surface area contributed by atoms with Crippen molar-refractivity contribution in [3.8, 4) is 5.75 Å². The van der Waals surface area contributed by atoms with Crippen molar-refractivity contribution in [3.05, 3.63) is 60.4 Å². The van der Waals surface area contributed by atoms with Gasteiger partial charge in [-0.2, -0.15) is 4.31 Å². The van der Waals surface area contributed by atoms with E-state index in [0.717, 1.165) is 50.2 Å². The molecule has 2 aliphatic rings. The van der Waals surface area contributed by atoms with Crippen molar-refractivity contribution in [1.82, 2.24) is 9.21 Å². The molecule has 0 N–H and O–H groups in total. The van der Waals surface area contributed by atoms with E-state index in [1.165, 1.54) is 16.4 Å². The van der Waals surface area contributed by atoms with Crippen LogP contribution in [0.5, 0.6) is 5.75 Å². The summed E-state index contributed by atoms with van der Waals surface area (Å²) in [5.74, 6) is 0.394. The predicted molar refractivity (Wildman–Crippen MR) is 124 cm³/mol. The van der Waals surface area contributed by atoms with E-state index in [2.05, 4.69) is 0 Å². The van der Waals surface area contributed by atoms with E-state index < -0.39 is 21.3 Å². The van der Waals surface area contributed by atoms with E-state index in [1.807, 2.05) is 35.2 Å². The Balaban J connectivity index is 1.48. The summed E-state index contributed by atoms with van der Waals surface area (Å²) < 4.78 is 46.9. The number of ether oxygens (including phenoxy) is 1. The van der Waals surface area contributed by atoms with Crippen molar-refractivity contribution in [1.29, 1.82) is 0 Å². The first kappa shape index (κ1) is 23.7. The maximum absolute atomic E-state index is 13.3. The van der Waals surface area contributed by atoms with Crippen LogP contribution in [0.15, 0.2) is 59.5 Å². The fraction of sp³-hybridized carbons (Fsp3) is 0.480. The SMILES string of the molecule is O=C(CC1(COc2ccccc2)CCN(S(=O)(=O)c2ccc(F)cc2)CC1)N1CCCCC1. The van der Waals surface area contributed by atoms with Gasteiger partial charge in [-0.1, -0.05) is 18.2 Å². The number of piperidine rings is 2. The number of nitrogens with zero attached hydrogens (tertiary/aromatic N) is 2. The second-order valence-corrected chi connectivity index (χ2v) is 11.0. The summed E-state index contributed by atoms with van der Waals surface area (Å²) in [6, 6.07) is 14.4. The lowest BCUT2D eigenvalue weighted by Crippen LogP contribution is -2.48. The summed E-state index contributed by atoms with van der Waals surface area (Å²) in [7, 11) is -3.71. The first-order valence-corrected chi connectivity index (χ1v) is 13.0. The van der Waals surface area contributed by atoms with Crippen molar-refractivity contribution in [3.63, 3.8) is 0 Å². The fourth-order valence-electron chi connectivity index (χ4n) is 4.66. The number of hydrogen-bond donors (Lipinski definition) is 0. The van der Waals surface area contributed by atoms with Gasteiger partial charge in [-0.05, 0) is 68.5 Å². The van der Waals surface area contributed by atoms with Gasteiger partial charge in [0.05, 0.1) is 11.5 Å². The number of rotatable bonds is 7. The summed E-state index contributed by atoms with van der Waals surface area (Å²) in [4.78, 5) is 15.1. The molecule has 0 aromatic heterocycles. The standard InChI is InChI=1S/C25H31FN2O4S/c26-21-9-11-23(12-10-21)33(30,31)28-17-13-25(14-18-28,20-32-22-7-3-1-4-8-22)19-24(29)27-15-5-2-6-16-27/h1,3-4,7-12H,2,5-6,13-20H2. The van der Waals surface area contributed by atoms with Gasteiger partial charge in [0, 0.05) is 38.0 Å². The van der Waals surface area contributed by atoms with Gasteiger partial charge >= 0.3 is 0 Å². The Morgan fingerprint density at radius 1 is 0.909 bits per heavy atom. The molecule has 178 valence electrons. The van der Waals surface area contributed by atoms with Gasteiger partial charge in [0.15, 0.2) is 0 Å². The highest BCUT2D eigenvalue weighted by Gasteiger charge is 2.41. The number of likely N-dealkylation sites (tertiary alicyclic amines) is 1. The molecular formula is C25H31FN2O4S. The normalized spacial score (nSPS) is 19.2. The van der Waals surface area contributed by atoms with Gasteiger partial charge in [-0.25, -0.2) is 12.8 Å². The number of carbonyl (C=O) groups is 1. The molecule has 2 fully saturated rings. The van der Waals surface area contributed by atoms with E-state index in [9.17, 15) is 17.6 Å². The molecule has 8 heteroatoms. The molecule has 0 bridgehead atoms. The van der Waals surface area contributed by atoms with Gasteiger partial charge in [0.2, 0.25) is 15.9 Å². The Hall–Kier alpha value is -2.45. The number of para-hydroxylation sites is 1. The molecule has 4 rings (SSSR count). The Morgan fingerprint density at radius 3 is 2.18 bits per heavy atom. The molecular weight excluding hydrogens is 443 g/mol. The van der Waals surface area contributed by atoms with Crippen LogP contribution in [0, 0.1) is 11.2 Å². The quantitative estimate of drug-likeness (QED) is 0.607. The third-order valence-electron chi connectivity index (χ3n) is 6.76. The zero-order chi connectivity index (χ0) is 23.3.